The van der Waals surface area contributed by atoms with Crippen LogP contribution in [0.25, 0.3) is 11.0 Å². The van der Waals surface area contributed by atoms with E-state index in [0.29, 0.717) is 25.4 Å². The first-order valence-corrected chi connectivity index (χ1v) is 12.6. The third kappa shape index (κ3) is 6.61. The Kier molecular flexibility index (Phi) is 8.91. The second kappa shape index (κ2) is 12.5. The fourth-order valence-corrected chi connectivity index (χ4v) is 4.77. The van der Waals surface area contributed by atoms with Gasteiger partial charge in [-0.05, 0) is 43.5 Å². The lowest BCUT2D eigenvalue weighted by Gasteiger charge is -2.33. The lowest BCUT2D eigenvalue weighted by Crippen LogP contribution is -2.45. The van der Waals surface area contributed by atoms with Crippen molar-refractivity contribution in [3.8, 4) is 0 Å². The quantitative estimate of drug-likeness (QED) is 0.376. The molecule has 0 spiro atoms. The van der Waals surface area contributed by atoms with Crippen molar-refractivity contribution in [2.45, 2.75) is 44.2 Å². The number of anilines is 1. The summed E-state index contributed by atoms with van der Waals surface area (Å²) in [6.07, 6.45) is 3.00. The molecular formula is C27H36N6O3. The number of carbonyl (C=O) groups excluding carboxylic acids is 2. The van der Waals surface area contributed by atoms with Gasteiger partial charge in [0.1, 0.15) is 5.82 Å². The highest BCUT2D eigenvalue weighted by atomic mass is 16.5. The highest BCUT2D eigenvalue weighted by Crippen LogP contribution is 2.30. The Hall–Kier alpha value is -3.43. The molecular weight excluding hydrogens is 456 g/mol. The first kappa shape index (κ1) is 25.7. The molecule has 4 rings (SSSR count). The van der Waals surface area contributed by atoms with E-state index >= 15 is 0 Å². The maximum absolute atomic E-state index is 13.1. The monoisotopic (exact) mass is 492 g/mol. The van der Waals surface area contributed by atoms with Crippen LogP contribution in [0.5, 0.6) is 0 Å². The molecule has 2 aromatic carbocycles. The molecule has 2 heterocycles. The van der Waals surface area contributed by atoms with Gasteiger partial charge in [-0.2, -0.15) is 0 Å². The van der Waals surface area contributed by atoms with Gasteiger partial charge in [0.2, 0.25) is 5.91 Å². The van der Waals surface area contributed by atoms with E-state index in [1.165, 1.54) is 0 Å². The number of nitrogens with zero attached hydrogens (tertiary/aromatic N) is 3. The number of piperidine rings is 1. The number of likely N-dealkylation sites (tertiary alicyclic amines) is 1. The summed E-state index contributed by atoms with van der Waals surface area (Å²) in [5.74, 6) is 1.22. The highest BCUT2D eigenvalue weighted by Gasteiger charge is 2.29. The maximum atomic E-state index is 13.1. The number of methoxy groups -OCH3 is 1. The number of aryl methyl sites for hydroxylation is 1. The molecule has 1 aliphatic heterocycles. The lowest BCUT2D eigenvalue weighted by molar-refractivity contribution is -0.132. The summed E-state index contributed by atoms with van der Waals surface area (Å²) >= 11 is 0. The number of rotatable bonds is 10. The predicted octanol–water partition coefficient (Wildman–Crippen LogP) is 3.32. The number of fused-ring (bicyclic) bond motifs is 1. The summed E-state index contributed by atoms with van der Waals surface area (Å²) in [5.41, 5.74) is 9.00. The largest absolute Gasteiger partial charge is 0.385 e. The van der Waals surface area contributed by atoms with Gasteiger partial charge < -0.3 is 30.6 Å². The van der Waals surface area contributed by atoms with Crippen molar-refractivity contribution < 1.29 is 14.3 Å². The summed E-state index contributed by atoms with van der Waals surface area (Å²) in [6, 6.07) is 16.6. The second-order valence-corrected chi connectivity index (χ2v) is 9.30. The topological polar surface area (TPSA) is 115 Å². The summed E-state index contributed by atoms with van der Waals surface area (Å²) in [7, 11) is 1.72. The molecule has 1 saturated heterocycles. The van der Waals surface area contributed by atoms with Gasteiger partial charge in [-0.3, -0.25) is 4.79 Å². The van der Waals surface area contributed by atoms with Gasteiger partial charge >= 0.3 is 6.03 Å². The number of amides is 3. The molecule has 0 unspecified atom stereocenters. The smallest absolute Gasteiger partial charge is 0.319 e. The van der Waals surface area contributed by atoms with Crippen LogP contribution in [0.2, 0.25) is 0 Å². The number of nitrogens with one attached hydrogen (secondary N) is 2. The number of aromatic nitrogens is 2. The van der Waals surface area contributed by atoms with Crippen LogP contribution in [-0.4, -0.2) is 65.8 Å². The lowest BCUT2D eigenvalue weighted by atomic mass is 9.96. The van der Waals surface area contributed by atoms with Gasteiger partial charge in [-0.15, -0.1) is 0 Å². The van der Waals surface area contributed by atoms with Crippen molar-refractivity contribution in [2.75, 3.05) is 38.7 Å². The number of para-hydroxylation sites is 3. The molecule has 2 atom stereocenters. The van der Waals surface area contributed by atoms with Crippen LogP contribution in [0.4, 0.5) is 10.5 Å². The molecule has 192 valence electrons. The molecule has 0 radical (unpaired) electrons. The fraction of sp³-hybridized carbons (Fsp3) is 0.444. The molecule has 36 heavy (non-hydrogen) atoms. The summed E-state index contributed by atoms with van der Waals surface area (Å²) < 4.78 is 7.54. The van der Waals surface area contributed by atoms with Crippen LogP contribution >= 0.6 is 0 Å². The van der Waals surface area contributed by atoms with E-state index in [2.05, 4.69) is 21.3 Å². The van der Waals surface area contributed by atoms with Gasteiger partial charge in [0, 0.05) is 64.0 Å². The minimum Gasteiger partial charge on any atom is -0.385 e. The molecule has 9 nitrogen and oxygen atoms in total. The molecule has 9 heteroatoms. The van der Waals surface area contributed by atoms with Crippen LogP contribution < -0.4 is 16.4 Å². The van der Waals surface area contributed by atoms with E-state index in [1.807, 2.05) is 53.4 Å². The minimum absolute atomic E-state index is 0.0134. The maximum Gasteiger partial charge on any atom is 0.319 e. The minimum atomic E-state index is -0.460. The molecule has 0 aliphatic carbocycles. The molecule has 1 aliphatic rings. The first-order chi connectivity index (χ1) is 17.5. The second-order valence-electron chi connectivity index (χ2n) is 9.30. The zero-order valence-corrected chi connectivity index (χ0v) is 20.9. The van der Waals surface area contributed by atoms with Crippen molar-refractivity contribution >= 4 is 28.7 Å². The predicted molar refractivity (Wildman–Crippen MR) is 141 cm³/mol. The number of hydrogen-bond donors (Lipinski definition) is 3. The zero-order valence-electron chi connectivity index (χ0n) is 20.9. The van der Waals surface area contributed by atoms with E-state index in [1.54, 1.807) is 7.11 Å². The SMILES string of the molecule is COCCCn1c([C@@H]2CCCN(C(=O)C[C@H](N)CNC(=O)Nc3ccccc3)C2)nc2ccccc21. The molecule has 3 amide bonds. The Balaban J connectivity index is 1.33. The molecule has 3 aromatic rings. The number of benzene rings is 2. The Bertz CT molecular complexity index is 1150. The third-order valence-corrected chi connectivity index (χ3v) is 6.55. The van der Waals surface area contributed by atoms with Gasteiger partial charge in [-0.25, -0.2) is 9.78 Å². The van der Waals surface area contributed by atoms with Crippen LogP contribution in [0.15, 0.2) is 54.6 Å². The van der Waals surface area contributed by atoms with Gasteiger partial charge in [0.15, 0.2) is 0 Å². The Morgan fingerprint density at radius 3 is 2.75 bits per heavy atom. The number of urea groups is 1. The normalized spacial score (nSPS) is 16.6. The van der Waals surface area contributed by atoms with E-state index in [9.17, 15) is 9.59 Å². The zero-order chi connectivity index (χ0) is 25.3. The van der Waals surface area contributed by atoms with Crippen molar-refractivity contribution in [1.82, 2.24) is 19.8 Å². The van der Waals surface area contributed by atoms with Crippen LogP contribution in [0.1, 0.15) is 37.4 Å². The van der Waals surface area contributed by atoms with E-state index < -0.39 is 6.04 Å². The molecule has 1 fully saturated rings. The third-order valence-electron chi connectivity index (χ3n) is 6.55. The van der Waals surface area contributed by atoms with Crippen LogP contribution in [0, 0.1) is 0 Å². The first-order valence-electron chi connectivity index (χ1n) is 12.6. The Morgan fingerprint density at radius 1 is 1.17 bits per heavy atom. The van der Waals surface area contributed by atoms with Crippen molar-refractivity contribution in [1.29, 1.82) is 0 Å². The highest BCUT2D eigenvalue weighted by molar-refractivity contribution is 5.89. The summed E-state index contributed by atoms with van der Waals surface area (Å²) in [6.45, 7) is 3.08. The fourth-order valence-electron chi connectivity index (χ4n) is 4.77. The standard InChI is InChI=1S/C27H36N6O3/c1-36-16-8-15-33-24-13-6-5-12-23(24)31-26(33)20-9-7-14-32(19-20)25(34)17-21(28)18-29-27(35)30-22-10-3-2-4-11-22/h2-6,10-13,20-21H,7-9,14-19,28H2,1H3,(H2,29,30,35)/t20-,21+/m1/s1. The van der Waals surface area contributed by atoms with Crippen molar-refractivity contribution in [3.05, 3.63) is 60.4 Å². The average molecular weight is 493 g/mol. The van der Waals surface area contributed by atoms with E-state index in [4.69, 9.17) is 15.5 Å². The van der Waals surface area contributed by atoms with Gasteiger partial charge in [-0.1, -0.05) is 30.3 Å². The van der Waals surface area contributed by atoms with Crippen molar-refractivity contribution in [2.24, 2.45) is 5.73 Å². The molecule has 1 aromatic heterocycles. The summed E-state index contributed by atoms with van der Waals surface area (Å²) in [5, 5.41) is 5.51. The molecule has 0 bridgehead atoms. The van der Waals surface area contributed by atoms with Crippen molar-refractivity contribution in [3.63, 3.8) is 0 Å². The molecule has 0 saturated carbocycles. The van der Waals surface area contributed by atoms with E-state index in [-0.39, 0.29) is 30.8 Å². The number of carbonyl (C=O) groups is 2. The average Bonchev–Trinajstić information content (AvgIpc) is 3.27. The number of nitrogens with two attached hydrogens (primary N) is 1. The van der Waals surface area contributed by atoms with Crippen LogP contribution in [-0.2, 0) is 16.1 Å². The Morgan fingerprint density at radius 2 is 1.94 bits per heavy atom. The van der Waals surface area contributed by atoms with E-state index in [0.717, 1.165) is 42.7 Å². The number of hydrogen-bond acceptors (Lipinski definition) is 5. The number of ether oxygens (including phenoxy) is 1. The number of imidazole rings is 1. The Labute approximate surface area is 212 Å². The van der Waals surface area contributed by atoms with Crippen LogP contribution in [0.3, 0.4) is 0 Å². The van der Waals surface area contributed by atoms with Gasteiger partial charge in [0.25, 0.3) is 0 Å². The van der Waals surface area contributed by atoms with Gasteiger partial charge in [0.05, 0.1) is 11.0 Å². The summed E-state index contributed by atoms with van der Waals surface area (Å²) in [4.78, 5) is 32.0. The molecule has 4 N–H and O–H groups in total.